The molecule has 0 aliphatic heterocycles. The Morgan fingerprint density at radius 1 is 1.21 bits per heavy atom. The number of rotatable bonds is 5. The fraction of sp³-hybridized carbons (Fsp3) is 0.308. The fourth-order valence-corrected chi connectivity index (χ4v) is 2.75. The van der Waals surface area contributed by atoms with Crippen molar-refractivity contribution >= 4 is 39.5 Å². The van der Waals surface area contributed by atoms with E-state index in [9.17, 15) is 22.8 Å². The summed E-state index contributed by atoms with van der Waals surface area (Å²) in [4.78, 5) is 34.4. The third kappa shape index (κ3) is 4.91. The number of carbonyl (C=O) groups is 3. The summed E-state index contributed by atoms with van der Waals surface area (Å²) in [5.41, 5.74) is -0.118. The van der Waals surface area contributed by atoms with Crippen LogP contribution in [0.25, 0.3) is 0 Å². The molecule has 0 aliphatic rings. The summed E-state index contributed by atoms with van der Waals surface area (Å²) in [5, 5.41) is 4.04. The molecule has 0 saturated heterocycles. The number of sulfonamides is 1. The van der Waals surface area contributed by atoms with Crippen molar-refractivity contribution in [2.75, 3.05) is 14.1 Å². The molecular weight excluding hydrogens is 362 g/mol. The zero-order chi connectivity index (χ0) is 18.5. The van der Waals surface area contributed by atoms with Gasteiger partial charge in [0.05, 0.1) is 10.6 Å². The normalized spacial score (nSPS) is 12.2. The van der Waals surface area contributed by atoms with E-state index in [1.165, 1.54) is 33.2 Å². The third-order valence-electron chi connectivity index (χ3n) is 2.84. The van der Waals surface area contributed by atoms with Crippen LogP contribution in [0.4, 0.5) is 4.79 Å². The Balaban J connectivity index is 2.95. The van der Waals surface area contributed by atoms with Gasteiger partial charge in [-0.05, 0) is 32.2 Å². The number of halogens is 1. The van der Waals surface area contributed by atoms with Crippen LogP contribution in [-0.4, -0.2) is 46.5 Å². The van der Waals surface area contributed by atoms with Gasteiger partial charge in [0.15, 0.2) is 6.10 Å². The maximum Gasteiger partial charge on any atom is 0.338 e. The Bertz CT molecular complexity index is 765. The first kappa shape index (κ1) is 19.9. The minimum Gasteiger partial charge on any atom is -0.449 e. The highest BCUT2D eigenvalue weighted by Crippen LogP contribution is 2.23. The van der Waals surface area contributed by atoms with Gasteiger partial charge in [-0.15, -0.1) is 0 Å². The molecule has 132 valence electrons. The molecule has 1 atom stereocenters. The lowest BCUT2D eigenvalue weighted by Gasteiger charge is -2.13. The van der Waals surface area contributed by atoms with Crippen molar-refractivity contribution in [1.82, 2.24) is 15.4 Å². The molecule has 0 spiro atoms. The van der Waals surface area contributed by atoms with Crippen molar-refractivity contribution in [3.8, 4) is 0 Å². The highest BCUT2D eigenvalue weighted by Gasteiger charge is 2.23. The average Bonchev–Trinajstić information content (AvgIpc) is 2.54. The molecule has 9 nitrogen and oxygen atoms in total. The minimum atomic E-state index is -3.87. The number of hydrogen-bond acceptors (Lipinski definition) is 6. The second kappa shape index (κ2) is 8.08. The SMILES string of the molecule is CNC(=O)NC(=O)[C@H](C)OC(=O)c1ccc(Cl)c(S(=O)(=O)NC)c1. The zero-order valence-electron chi connectivity index (χ0n) is 13.0. The Hall–Kier alpha value is -2.17. The van der Waals surface area contributed by atoms with Gasteiger partial charge in [0.25, 0.3) is 5.91 Å². The van der Waals surface area contributed by atoms with E-state index < -0.39 is 34.0 Å². The minimum absolute atomic E-state index is 0.0775. The number of imide groups is 1. The van der Waals surface area contributed by atoms with E-state index in [1.54, 1.807) is 0 Å². The van der Waals surface area contributed by atoms with Crippen LogP contribution in [0.1, 0.15) is 17.3 Å². The van der Waals surface area contributed by atoms with Gasteiger partial charge in [-0.2, -0.15) is 0 Å². The van der Waals surface area contributed by atoms with Crippen LogP contribution in [-0.2, 0) is 19.6 Å². The van der Waals surface area contributed by atoms with Gasteiger partial charge in [-0.3, -0.25) is 10.1 Å². The molecule has 24 heavy (non-hydrogen) atoms. The molecule has 3 N–H and O–H groups in total. The molecule has 0 aromatic heterocycles. The Morgan fingerprint density at radius 2 is 1.83 bits per heavy atom. The Kier molecular flexibility index (Phi) is 6.70. The van der Waals surface area contributed by atoms with Crippen molar-refractivity contribution in [3.05, 3.63) is 28.8 Å². The molecule has 1 aromatic carbocycles. The zero-order valence-corrected chi connectivity index (χ0v) is 14.6. The fourth-order valence-electron chi connectivity index (χ4n) is 1.50. The number of ether oxygens (including phenoxy) is 1. The number of urea groups is 1. The van der Waals surface area contributed by atoms with Gasteiger partial charge in [-0.1, -0.05) is 11.6 Å². The number of hydrogen-bond donors (Lipinski definition) is 3. The molecule has 0 radical (unpaired) electrons. The van der Waals surface area contributed by atoms with Crippen molar-refractivity contribution in [2.45, 2.75) is 17.9 Å². The van der Waals surface area contributed by atoms with Gasteiger partial charge >= 0.3 is 12.0 Å². The van der Waals surface area contributed by atoms with E-state index in [2.05, 4.69) is 10.0 Å². The number of esters is 1. The lowest BCUT2D eigenvalue weighted by Crippen LogP contribution is -2.43. The lowest BCUT2D eigenvalue weighted by molar-refractivity contribution is -0.127. The quantitative estimate of drug-likeness (QED) is 0.630. The van der Waals surface area contributed by atoms with E-state index in [-0.39, 0.29) is 15.5 Å². The molecular formula is C13H16ClN3O6S. The summed E-state index contributed by atoms with van der Waals surface area (Å²) < 4.78 is 30.6. The van der Waals surface area contributed by atoms with Crippen LogP contribution in [0, 0.1) is 0 Å². The van der Waals surface area contributed by atoms with Crippen LogP contribution in [0.2, 0.25) is 5.02 Å². The van der Waals surface area contributed by atoms with Crippen LogP contribution in [0.3, 0.4) is 0 Å². The number of carbonyl (C=O) groups excluding carboxylic acids is 3. The Morgan fingerprint density at radius 3 is 2.38 bits per heavy atom. The maximum atomic E-state index is 12.0. The van der Waals surface area contributed by atoms with Crippen molar-refractivity contribution in [2.24, 2.45) is 0 Å². The standard InChI is InChI=1S/C13H16ClN3O6S/c1-7(11(18)17-13(20)15-2)23-12(19)8-4-5-9(14)10(6-8)24(21,22)16-3/h4-7,16H,1-3H3,(H2,15,17,18,20)/t7-/m0/s1. The summed E-state index contributed by atoms with van der Waals surface area (Å²) in [6.07, 6.45) is -1.27. The highest BCUT2D eigenvalue weighted by molar-refractivity contribution is 7.89. The van der Waals surface area contributed by atoms with E-state index >= 15 is 0 Å². The highest BCUT2D eigenvalue weighted by atomic mass is 35.5. The topological polar surface area (TPSA) is 131 Å². The maximum absolute atomic E-state index is 12.0. The van der Waals surface area contributed by atoms with Crippen LogP contribution in [0.15, 0.2) is 23.1 Å². The largest absolute Gasteiger partial charge is 0.449 e. The molecule has 0 fully saturated rings. The average molecular weight is 378 g/mol. The van der Waals surface area contributed by atoms with Crippen molar-refractivity contribution in [1.29, 1.82) is 0 Å². The smallest absolute Gasteiger partial charge is 0.338 e. The van der Waals surface area contributed by atoms with E-state index in [0.29, 0.717) is 0 Å². The van der Waals surface area contributed by atoms with Crippen molar-refractivity contribution in [3.63, 3.8) is 0 Å². The van der Waals surface area contributed by atoms with Gasteiger partial charge < -0.3 is 10.1 Å². The monoisotopic (exact) mass is 377 g/mol. The molecule has 0 heterocycles. The van der Waals surface area contributed by atoms with E-state index in [0.717, 1.165) is 6.07 Å². The van der Waals surface area contributed by atoms with Crippen LogP contribution >= 0.6 is 11.6 Å². The molecule has 11 heteroatoms. The van der Waals surface area contributed by atoms with Gasteiger partial charge in [-0.25, -0.2) is 22.7 Å². The number of benzene rings is 1. The second-order valence-corrected chi connectivity index (χ2v) is 6.73. The first-order valence-electron chi connectivity index (χ1n) is 6.59. The summed E-state index contributed by atoms with van der Waals surface area (Å²) in [7, 11) is -1.36. The molecule has 0 aliphatic carbocycles. The molecule has 0 bridgehead atoms. The number of nitrogens with one attached hydrogen (secondary N) is 3. The predicted molar refractivity (Wildman–Crippen MR) is 85.2 cm³/mol. The van der Waals surface area contributed by atoms with E-state index in [1.807, 2.05) is 5.32 Å². The molecule has 0 unspecified atom stereocenters. The molecule has 0 saturated carbocycles. The first-order valence-corrected chi connectivity index (χ1v) is 8.45. The summed E-state index contributed by atoms with van der Waals surface area (Å²) in [6, 6.07) is 2.75. The van der Waals surface area contributed by atoms with Crippen LogP contribution in [0.5, 0.6) is 0 Å². The summed E-state index contributed by atoms with van der Waals surface area (Å²) in [6.45, 7) is 1.26. The van der Waals surface area contributed by atoms with Gasteiger partial charge in [0.2, 0.25) is 10.0 Å². The predicted octanol–water partition coefficient (Wildman–Crippen LogP) is 0.249. The number of amides is 3. The van der Waals surface area contributed by atoms with Gasteiger partial charge in [0, 0.05) is 7.05 Å². The first-order chi connectivity index (χ1) is 11.1. The lowest BCUT2D eigenvalue weighted by atomic mass is 10.2. The van der Waals surface area contributed by atoms with Crippen molar-refractivity contribution < 1.29 is 27.5 Å². The third-order valence-corrected chi connectivity index (χ3v) is 4.74. The summed E-state index contributed by atoms with van der Waals surface area (Å²) >= 11 is 5.81. The molecule has 1 aromatic rings. The molecule has 3 amide bonds. The Labute approximate surface area is 143 Å². The summed E-state index contributed by atoms with van der Waals surface area (Å²) in [5.74, 6) is -1.78. The van der Waals surface area contributed by atoms with Gasteiger partial charge in [0.1, 0.15) is 4.90 Å². The van der Waals surface area contributed by atoms with E-state index in [4.69, 9.17) is 16.3 Å². The second-order valence-electron chi connectivity index (χ2n) is 4.47. The molecule has 1 rings (SSSR count). The van der Waals surface area contributed by atoms with Crippen LogP contribution < -0.4 is 15.4 Å².